The number of nitrogens with one attached hydrogen (secondary N) is 1. The highest BCUT2D eigenvalue weighted by molar-refractivity contribution is 8.93. The number of Topliss-reactive ketones (excluding diaryl/α,β-unsaturated/α-hetero) is 1. The summed E-state index contributed by atoms with van der Waals surface area (Å²) in [5.74, 6) is -0.532. The first-order valence-electron chi connectivity index (χ1n) is 6.96. The standard InChI is InChI=1S/C15H13FN4O3S.BrH/c1-19-12-11(13(22)20(2)15(19)23)17-14(18-12)24-7-10(21)8-3-5-9(16)6-4-8;/h3-6H,7H2,1-2H3,(H,17,18);1H. The van der Waals surface area contributed by atoms with E-state index in [9.17, 15) is 18.8 Å². The molecule has 0 unspecified atom stereocenters. The lowest BCUT2D eigenvalue weighted by atomic mass is 10.1. The summed E-state index contributed by atoms with van der Waals surface area (Å²) in [6.07, 6.45) is 0. The van der Waals surface area contributed by atoms with E-state index < -0.39 is 17.1 Å². The number of aromatic nitrogens is 4. The minimum Gasteiger partial charge on any atom is -0.327 e. The normalized spacial score (nSPS) is 10.7. The molecule has 0 aliphatic heterocycles. The molecule has 25 heavy (non-hydrogen) atoms. The highest BCUT2D eigenvalue weighted by Crippen LogP contribution is 2.18. The molecular formula is C15H14BrFN4O3S. The summed E-state index contributed by atoms with van der Waals surface area (Å²) in [6, 6.07) is 5.27. The highest BCUT2D eigenvalue weighted by Gasteiger charge is 2.15. The zero-order valence-electron chi connectivity index (χ0n) is 13.3. The van der Waals surface area contributed by atoms with E-state index in [-0.39, 0.29) is 39.7 Å². The van der Waals surface area contributed by atoms with Crippen LogP contribution in [0.4, 0.5) is 4.39 Å². The topological polar surface area (TPSA) is 89.8 Å². The molecule has 0 radical (unpaired) electrons. The molecule has 132 valence electrons. The SMILES string of the molecule is Br.Cn1c(=O)c2[nH]c(SCC(=O)c3ccc(F)cc3)nc2n(C)c1=O. The Morgan fingerprint density at radius 3 is 2.48 bits per heavy atom. The monoisotopic (exact) mass is 428 g/mol. The number of carbonyl (C=O) groups excluding carboxylic acids is 1. The number of aromatic amines is 1. The van der Waals surface area contributed by atoms with Crippen LogP contribution in [0.3, 0.4) is 0 Å². The van der Waals surface area contributed by atoms with Gasteiger partial charge in [-0.3, -0.25) is 18.7 Å². The van der Waals surface area contributed by atoms with Crippen molar-refractivity contribution < 1.29 is 9.18 Å². The summed E-state index contributed by atoms with van der Waals surface area (Å²) < 4.78 is 15.1. The zero-order chi connectivity index (χ0) is 17.4. The van der Waals surface area contributed by atoms with Crippen molar-refractivity contribution in [2.24, 2.45) is 14.1 Å². The third-order valence-electron chi connectivity index (χ3n) is 3.58. The van der Waals surface area contributed by atoms with Gasteiger partial charge in [0.1, 0.15) is 5.82 Å². The van der Waals surface area contributed by atoms with Crippen LogP contribution >= 0.6 is 28.7 Å². The van der Waals surface area contributed by atoms with Gasteiger partial charge in [0.15, 0.2) is 22.1 Å². The predicted octanol–water partition coefficient (Wildman–Crippen LogP) is 1.65. The molecule has 2 heterocycles. The number of carbonyl (C=O) groups is 1. The molecule has 0 atom stereocenters. The largest absolute Gasteiger partial charge is 0.332 e. The molecule has 0 saturated carbocycles. The molecule has 1 N–H and O–H groups in total. The summed E-state index contributed by atoms with van der Waals surface area (Å²) in [6.45, 7) is 0. The second-order valence-electron chi connectivity index (χ2n) is 5.17. The molecule has 0 bridgehead atoms. The number of halogens is 2. The first-order chi connectivity index (χ1) is 11.4. The fourth-order valence-corrected chi connectivity index (χ4v) is 2.99. The lowest BCUT2D eigenvalue weighted by molar-refractivity contribution is 0.102. The summed E-state index contributed by atoms with van der Waals surface area (Å²) >= 11 is 1.11. The van der Waals surface area contributed by atoms with Crippen molar-refractivity contribution in [3.63, 3.8) is 0 Å². The summed E-state index contributed by atoms with van der Waals surface area (Å²) in [5, 5.41) is 0.360. The molecule has 0 aliphatic rings. The number of hydrogen-bond acceptors (Lipinski definition) is 5. The number of hydrogen-bond donors (Lipinski definition) is 1. The maximum atomic E-state index is 12.9. The highest BCUT2D eigenvalue weighted by atomic mass is 79.9. The molecule has 0 amide bonds. The van der Waals surface area contributed by atoms with Gasteiger partial charge in [0.2, 0.25) is 0 Å². The van der Waals surface area contributed by atoms with Crippen LogP contribution < -0.4 is 11.2 Å². The third kappa shape index (κ3) is 3.59. The van der Waals surface area contributed by atoms with E-state index in [2.05, 4.69) is 9.97 Å². The fraction of sp³-hybridized carbons (Fsp3) is 0.200. The van der Waals surface area contributed by atoms with Gasteiger partial charge >= 0.3 is 5.69 Å². The quantitative estimate of drug-likeness (QED) is 0.503. The van der Waals surface area contributed by atoms with Gasteiger partial charge in [0.05, 0.1) is 5.75 Å². The van der Waals surface area contributed by atoms with Crippen LogP contribution in [0.5, 0.6) is 0 Å². The lowest BCUT2D eigenvalue weighted by Crippen LogP contribution is -2.36. The van der Waals surface area contributed by atoms with Crippen LogP contribution in [0.25, 0.3) is 11.2 Å². The molecule has 3 aromatic rings. The number of benzene rings is 1. The second-order valence-corrected chi connectivity index (χ2v) is 6.13. The van der Waals surface area contributed by atoms with Crippen molar-refractivity contribution in [3.8, 4) is 0 Å². The molecule has 0 fully saturated rings. The van der Waals surface area contributed by atoms with Gasteiger partial charge in [-0.05, 0) is 24.3 Å². The van der Waals surface area contributed by atoms with E-state index in [1.54, 1.807) is 0 Å². The first-order valence-corrected chi connectivity index (χ1v) is 7.94. The van der Waals surface area contributed by atoms with Crippen molar-refractivity contribution >= 4 is 45.7 Å². The Balaban J connectivity index is 0.00000225. The molecular weight excluding hydrogens is 415 g/mol. The van der Waals surface area contributed by atoms with E-state index in [1.165, 1.54) is 42.9 Å². The number of imidazole rings is 1. The van der Waals surface area contributed by atoms with Crippen molar-refractivity contribution in [2.45, 2.75) is 5.16 Å². The van der Waals surface area contributed by atoms with E-state index in [0.29, 0.717) is 10.7 Å². The lowest BCUT2D eigenvalue weighted by Gasteiger charge is -2.00. The van der Waals surface area contributed by atoms with Crippen LogP contribution in [0.2, 0.25) is 0 Å². The molecule has 0 aliphatic carbocycles. The minimum atomic E-state index is -0.475. The second kappa shape index (κ2) is 7.36. The fourth-order valence-electron chi connectivity index (χ4n) is 2.23. The van der Waals surface area contributed by atoms with Gasteiger partial charge in [-0.15, -0.1) is 17.0 Å². The molecule has 10 heteroatoms. The van der Waals surface area contributed by atoms with Crippen molar-refractivity contribution in [3.05, 3.63) is 56.5 Å². The average Bonchev–Trinajstić information content (AvgIpc) is 3.01. The van der Waals surface area contributed by atoms with Crippen molar-refractivity contribution in [1.29, 1.82) is 0 Å². The number of nitrogens with zero attached hydrogens (tertiary/aromatic N) is 3. The van der Waals surface area contributed by atoms with Crippen LogP contribution in [-0.4, -0.2) is 30.6 Å². The molecule has 0 saturated heterocycles. The van der Waals surface area contributed by atoms with Crippen LogP contribution in [0, 0.1) is 5.82 Å². The predicted molar refractivity (Wildman–Crippen MR) is 98.4 cm³/mol. The Hall–Kier alpha value is -2.20. The maximum absolute atomic E-state index is 12.9. The van der Waals surface area contributed by atoms with Gasteiger partial charge < -0.3 is 4.98 Å². The van der Waals surface area contributed by atoms with E-state index in [1.807, 2.05) is 0 Å². The van der Waals surface area contributed by atoms with Crippen LogP contribution in [-0.2, 0) is 14.1 Å². The number of aryl methyl sites for hydroxylation is 1. The Labute approximate surface area is 155 Å². The van der Waals surface area contributed by atoms with Crippen LogP contribution in [0.1, 0.15) is 10.4 Å². The van der Waals surface area contributed by atoms with E-state index >= 15 is 0 Å². The van der Waals surface area contributed by atoms with Crippen molar-refractivity contribution in [2.75, 3.05) is 5.75 Å². The number of fused-ring (bicyclic) bond motifs is 1. The molecule has 0 spiro atoms. The summed E-state index contributed by atoms with van der Waals surface area (Å²) in [7, 11) is 2.90. The van der Waals surface area contributed by atoms with Gasteiger partial charge in [-0.1, -0.05) is 11.8 Å². The number of thioether (sulfide) groups is 1. The molecule has 7 nitrogen and oxygen atoms in total. The van der Waals surface area contributed by atoms with Crippen LogP contribution in [0.15, 0.2) is 39.0 Å². The maximum Gasteiger partial charge on any atom is 0.332 e. The van der Waals surface area contributed by atoms with Gasteiger partial charge in [-0.25, -0.2) is 14.2 Å². The average molecular weight is 429 g/mol. The Morgan fingerprint density at radius 2 is 1.84 bits per heavy atom. The van der Waals surface area contributed by atoms with E-state index in [4.69, 9.17) is 0 Å². The molecule has 1 aromatic carbocycles. The smallest absolute Gasteiger partial charge is 0.327 e. The third-order valence-corrected chi connectivity index (χ3v) is 4.45. The number of rotatable bonds is 4. The van der Waals surface area contributed by atoms with Crippen molar-refractivity contribution in [1.82, 2.24) is 19.1 Å². The first kappa shape index (κ1) is 19.1. The Morgan fingerprint density at radius 1 is 1.20 bits per heavy atom. The zero-order valence-corrected chi connectivity index (χ0v) is 15.8. The minimum absolute atomic E-state index is 0. The molecule has 2 aromatic heterocycles. The van der Waals surface area contributed by atoms with E-state index in [0.717, 1.165) is 16.3 Å². The van der Waals surface area contributed by atoms with Gasteiger partial charge in [0, 0.05) is 19.7 Å². The van der Waals surface area contributed by atoms with Gasteiger partial charge in [0.25, 0.3) is 5.56 Å². The number of H-pyrrole nitrogens is 1. The van der Waals surface area contributed by atoms with Gasteiger partial charge in [-0.2, -0.15) is 0 Å². The Kier molecular flexibility index (Phi) is 5.63. The summed E-state index contributed by atoms with van der Waals surface area (Å²) in [4.78, 5) is 43.1. The Bertz CT molecular complexity index is 1060. The summed E-state index contributed by atoms with van der Waals surface area (Å²) in [5.41, 5.74) is -0.116. The molecule has 3 rings (SSSR count). The number of ketones is 1.